The van der Waals surface area contributed by atoms with Crippen molar-refractivity contribution in [3.05, 3.63) is 34.5 Å². The molecule has 1 saturated heterocycles. The maximum absolute atomic E-state index is 4.51. The summed E-state index contributed by atoms with van der Waals surface area (Å²) in [6, 6.07) is 2.11. The quantitative estimate of drug-likeness (QED) is 0.863. The maximum Gasteiger partial charge on any atom is 0.0984 e. The van der Waals surface area contributed by atoms with E-state index in [1.807, 2.05) is 24.1 Å². The lowest BCUT2D eigenvalue weighted by molar-refractivity contribution is 0.159. The van der Waals surface area contributed by atoms with Crippen LogP contribution in [0.15, 0.2) is 23.8 Å². The van der Waals surface area contributed by atoms with Gasteiger partial charge in [0, 0.05) is 36.8 Å². The Morgan fingerprint density at radius 2 is 2.11 bits per heavy atom. The second-order valence-corrected chi connectivity index (χ2v) is 6.51. The van der Waals surface area contributed by atoms with Gasteiger partial charge in [-0.05, 0) is 32.0 Å². The average molecular weight is 276 g/mol. The Morgan fingerprint density at radius 1 is 1.32 bits per heavy atom. The Labute approximate surface area is 118 Å². The van der Waals surface area contributed by atoms with E-state index in [9.17, 15) is 0 Å². The summed E-state index contributed by atoms with van der Waals surface area (Å²) in [5.41, 5.74) is 1.56. The van der Waals surface area contributed by atoms with Gasteiger partial charge in [0.25, 0.3) is 0 Å². The van der Waals surface area contributed by atoms with Gasteiger partial charge in [0.15, 0.2) is 0 Å². The van der Waals surface area contributed by atoms with E-state index in [1.54, 1.807) is 11.3 Å². The Balaban J connectivity index is 1.62. The zero-order chi connectivity index (χ0) is 13.3. The topological polar surface area (TPSA) is 34.0 Å². The summed E-state index contributed by atoms with van der Waals surface area (Å²) in [5.74, 6) is 0. The summed E-state index contributed by atoms with van der Waals surface area (Å²) < 4.78 is 1.97. The van der Waals surface area contributed by atoms with Gasteiger partial charge in [-0.25, -0.2) is 4.98 Å². The first-order valence-corrected chi connectivity index (χ1v) is 7.64. The molecule has 5 heteroatoms. The first kappa shape index (κ1) is 12.8. The monoisotopic (exact) mass is 276 g/mol. The molecule has 3 rings (SSSR count). The molecule has 102 valence electrons. The minimum atomic E-state index is 0.275. The van der Waals surface area contributed by atoms with Gasteiger partial charge < -0.3 is 0 Å². The molecule has 0 N–H and O–H groups in total. The van der Waals surface area contributed by atoms with E-state index in [4.69, 9.17) is 0 Å². The van der Waals surface area contributed by atoms with E-state index < -0.39 is 0 Å². The van der Waals surface area contributed by atoms with Crippen molar-refractivity contribution < 1.29 is 0 Å². The summed E-state index contributed by atoms with van der Waals surface area (Å²) in [6.07, 6.45) is 6.18. The molecule has 19 heavy (non-hydrogen) atoms. The molecule has 2 aromatic heterocycles. The van der Waals surface area contributed by atoms with E-state index in [1.165, 1.54) is 23.5 Å². The molecule has 0 radical (unpaired) electrons. The third-order valence-electron chi connectivity index (χ3n) is 4.22. The van der Waals surface area contributed by atoms with Crippen molar-refractivity contribution in [2.75, 3.05) is 13.1 Å². The summed E-state index contributed by atoms with van der Waals surface area (Å²) in [7, 11) is 2.01. The molecule has 3 heterocycles. The fourth-order valence-corrected chi connectivity index (χ4v) is 3.59. The lowest BCUT2D eigenvalue weighted by atomic mass is 9.81. The molecular weight excluding hydrogens is 256 g/mol. The Hall–Kier alpha value is -1.20. The van der Waals surface area contributed by atoms with Crippen LogP contribution in [0.1, 0.15) is 30.5 Å². The van der Waals surface area contributed by atoms with Gasteiger partial charge in [-0.2, -0.15) is 5.10 Å². The summed E-state index contributed by atoms with van der Waals surface area (Å²) in [4.78, 5) is 7.03. The fraction of sp³-hybridized carbons (Fsp3) is 0.571. The van der Waals surface area contributed by atoms with Crippen LogP contribution in [0.3, 0.4) is 0 Å². The van der Waals surface area contributed by atoms with Crippen LogP contribution in [-0.2, 0) is 19.0 Å². The lowest BCUT2D eigenvalue weighted by Gasteiger charge is -2.38. The van der Waals surface area contributed by atoms with Gasteiger partial charge in [0.2, 0.25) is 0 Å². The van der Waals surface area contributed by atoms with Crippen molar-refractivity contribution in [3.63, 3.8) is 0 Å². The van der Waals surface area contributed by atoms with Crippen molar-refractivity contribution in [1.82, 2.24) is 19.7 Å². The summed E-state index contributed by atoms with van der Waals surface area (Å²) in [5, 5.41) is 7.62. The predicted molar refractivity (Wildman–Crippen MR) is 77.2 cm³/mol. The van der Waals surface area contributed by atoms with Crippen molar-refractivity contribution in [2.24, 2.45) is 7.05 Å². The zero-order valence-electron chi connectivity index (χ0n) is 11.5. The molecular formula is C14H20N4S. The molecule has 0 spiro atoms. The van der Waals surface area contributed by atoms with E-state index in [0.29, 0.717) is 0 Å². The highest BCUT2D eigenvalue weighted by atomic mass is 32.1. The number of aryl methyl sites for hydroxylation is 1. The van der Waals surface area contributed by atoms with E-state index >= 15 is 0 Å². The first-order valence-electron chi connectivity index (χ1n) is 6.77. The normalized spacial score (nSPS) is 19.7. The zero-order valence-corrected chi connectivity index (χ0v) is 12.4. The van der Waals surface area contributed by atoms with Gasteiger partial charge in [0.1, 0.15) is 0 Å². The van der Waals surface area contributed by atoms with Crippen LogP contribution in [0.4, 0.5) is 0 Å². The van der Waals surface area contributed by atoms with Crippen LogP contribution in [0.25, 0.3) is 0 Å². The van der Waals surface area contributed by atoms with Crippen molar-refractivity contribution >= 4 is 11.3 Å². The highest BCUT2D eigenvalue weighted by Gasteiger charge is 2.33. The number of thiazole rings is 1. The van der Waals surface area contributed by atoms with Crippen LogP contribution >= 0.6 is 11.3 Å². The Bertz CT molecular complexity index is 523. The second kappa shape index (κ2) is 5.06. The molecule has 0 unspecified atom stereocenters. The number of likely N-dealkylation sites (tertiary alicyclic amines) is 1. The molecule has 1 aliphatic rings. The largest absolute Gasteiger partial charge is 0.297 e. The minimum absolute atomic E-state index is 0.275. The van der Waals surface area contributed by atoms with Crippen molar-refractivity contribution in [3.8, 4) is 0 Å². The van der Waals surface area contributed by atoms with Crippen molar-refractivity contribution in [1.29, 1.82) is 0 Å². The summed E-state index contributed by atoms with van der Waals surface area (Å²) >= 11 is 1.79. The van der Waals surface area contributed by atoms with Crippen LogP contribution in [-0.4, -0.2) is 32.8 Å². The standard InChI is InChI=1S/C14H20N4S/c1-14(13-15-7-10-19-13)4-8-18(9-5-14)11-12-3-6-16-17(12)2/h3,6-7,10H,4-5,8-9,11H2,1-2H3. The smallest absolute Gasteiger partial charge is 0.0984 e. The van der Waals surface area contributed by atoms with E-state index in [2.05, 4.69) is 33.4 Å². The van der Waals surface area contributed by atoms with Crippen LogP contribution in [0.2, 0.25) is 0 Å². The molecule has 1 aliphatic heterocycles. The number of hydrogen-bond donors (Lipinski definition) is 0. The highest BCUT2D eigenvalue weighted by molar-refractivity contribution is 7.09. The van der Waals surface area contributed by atoms with Gasteiger partial charge in [-0.1, -0.05) is 6.92 Å². The molecule has 0 saturated carbocycles. The molecule has 4 nitrogen and oxygen atoms in total. The van der Waals surface area contributed by atoms with Crippen LogP contribution in [0.5, 0.6) is 0 Å². The Morgan fingerprint density at radius 3 is 2.68 bits per heavy atom. The first-order chi connectivity index (χ1) is 9.17. The average Bonchev–Trinajstić information content (AvgIpc) is 3.05. The molecule has 2 aromatic rings. The van der Waals surface area contributed by atoms with Gasteiger partial charge in [-0.15, -0.1) is 11.3 Å². The SMILES string of the molecule is Cn1nccc1CN1CCC(C)(c2nccs2)CC1. The lowest BCUT2D eigenvalue weighted by Crippen LogP contribution is -2.40. The number of rotatable bonds is 3. The molecule has 0 bridgehead atoms. The van der Waals surface area contributed by atoms with Gasteiger partial charge in [0.05, 0.1) is 10.7 Å². The minimum Gasteiger partial charge on any atom is -0.297 e. The van der Waals surface area contributed by atoms with Crippen molar-refractivity contribution in [2.45, 2.75) is 31.7 Å². The molecule has 0 aliphatic carbocycles. The number of aromatic nitrogens is 3. The Kier molecular flexibility index (Phi) is 3.41. The highest BCUT2D eigenvalue weighted by Crippen LogP contribution is 2.36. The predicted octanol–water partition coefficient (Wildman–Crippen LogP) is 2.43. The van der Waals surface area contributed by atoms with Gasteiger partial charge >= 0.3 is 0 Å². The third kappa shape index (κ3) is 2.58. The number of hydrogen-bond acceptors (Lipinski definition) is 4. The maximum atomic E-state index is 4.51. The molecule has 0 aromatic carbocycles. The summed E-state index contributed by atoms with van der Waals surface area (Å²) in [6.45, 7) is 5.64. The second-order valence-electron chi connectivity index (χ2n) is 5.62. The fourth-order valence-electron chi connectivity index (χ4n) is 2.73. The third-order valence-corrected chi connectivity index (χ3v) is 5.30. The molecule has 0 atom stereocenters. The molecule has 0 amide bonds. The van der Waals surface area contributed by atoms with Gasteiger partial charge in [-0.3, -0.25) is 9.58 Å². The molecule has 1 fully saturated rings. The number of nitrogens with zero attached hydrogens (tertiary/aromatic N) is 4. The van der Waals surface area contributed by atoms with E-state index in [-0.39, 0.29) is 5.41 Å². The van der Waals surface area contributed by atoms with E-state index in [0.717, 1.165) is 19.6 Å². The van der Waals surface area contributed by atoms with Crippen LogP contribution < -0.4 is 0 Å². The number of piperidine rings is 1. The van der Waals surface area contributed by atoms with Crippen LogP contribution in [0, 0.1) is 0 Å².